The van der Waals surface area contributed by atoms with E-state index < -0.39 is 5.60 Å². The van der Waals surface area contributed by atoms with Crippen molar-refractivity contribution in [3.05, 3.63) is 0 Å². The summed E-state index contributed by atoms with van der Waals surface area (Å²) in [6.45, 7) is 7.97. The summed E-state index contributed by atoms with van der Waals surface area (Å²) in [5, 5.41) is 0.839. The number of hydrogen-bond acceptors (Lipinski definition) is 3. The smallest absolute Gasteiger partial charge is 0.410 e. The first kappa shape index (κ1) is 18.1. The van der Waals surface area contributed by atoms with Gasteiger partial charge in [-0.3, -0.25) is 0 Å². The number of ether oxygens (including phenoxy) is 2. The molecule has 2 fully saturated rings. The molecule has 0 bridgehead atoms. The minimum absolute atomic E-state index is 0.109. The largest absolute Gasteiger partial charge is 0.444 e. The monoisotopic (exact) mass is 375 g/mol. The lowest BCUT2D eigenvalue weighted by molar-refractivity contribution is -0.0696. The molecular weight excluding hydrogens is 346 g/mol. The average molecular weight is 376 g/mol. The Balaban J connectivity index is 1.73. The number of carbonyl (C=O) groups excluding carboxylic acids is 1. The third-order valence-electron chi connectivity index (χ3n) is 4.43. The molecule has 22 heavy (non-hydrogen) atoms. The van der Waals surface area contributed by atoms with E-state index >= 15 is 0 Å². The molecule has 2 rings (SSSR count). The maximum atomic E-state index is 12.1. The number of carbonyl (C=O) groups is 1. The van der Waals surface area contributed by atoms with E-state index in [0.717, 1.165) is 37.1 Å². The van der Waals surface area contributed by atoms with Crippen molar-refractivity contribution in [3.8, 4) is 0 Å². The van der Waals surface area contributed by atoms with E-state index in [4.69, 9.17) is 9.47 Å². The van der Waals surface area contributed by atoms with Gasteiger partial charge in [-0.1, -0.05) is 28.8 Å². The highest BCUT2D eigenvalue weighted by molar-refractivity contribution is 9.09. The molecule has 0 atom stereocenters. The molecule has 0 aromatic heterocycles. The second-order valence-electron chi connectivity index (χ2n) is 7.72. The van der Waals surface area contributed by atoms with Crippen LogP contribution >= 0.6 is 15.9 Å². The first-order valence-corrected chi connectivity index (χ1v) is 9.64. The van der Waals surface area contributed by atoms with Gasteiger partial charge in [-0.2, -0.15) is 0 Å². The van der Waals surface area contributed by atoms with Crippen molar-refractivity contribution in [2.75, 3.05) is 25.0 Å². The zero-order valence-electron chi connectivity index (χ0n) is 14.2. The summed E-state index contributed by atoms with van der Waals surface area (Å²) >= 11 is 3.61. The molecule has 0 spiro atoms. The Morgan fingerprint density at radius 2 is 1.91 bits per heavy atom. The van der Waals surface area contributed by atoms with Crippen LogP contribution in [0, 0.1) is 5.92 Å². The Labute approximate surface area is 143 Å². The highest BCUT2D eigenvalue weighted by atomic mass is 79.9. The Kier molecular flexibility index (Phi) is 6.17. The van der Waals surface area contributed by atoms with Crippen molar-refractivity contribution in [1.82, 2.24) is 4.90 Å². The van der Waals surface area contributed by atoms with Crippen LogP contribution in [-0.4, -0.2) is 47.2 Å². The van der Waals surface area contributed by atoms with Gasteiger partial charge in [0.15, 0.2) is 0 Å². The molecule has 4 nitrogen and oxygen atoms in total. The van der Waals surface area contributed by atoms with Crippen LogP contribution in [0.15, 0.2) is 0 Å². The fourth-order valence-corrected chi connectivity index (χ4v) is 3.53. The molecule has 0 unspecified atom stereocenters. The van der Waals surface area contributed by atoms with Crippen LogP contribution < -0.4 is 0 Å². The van der Waals surface area contributed by atoms with Gasteiger partial charge in [-0.15, -0.1) is 0 Å². The van der Waals surface area contributed by atoms with Crippen LogP contribution in [0.2, 0.25) is 0 Å². The SMILES string of the molecule is CC(C)(C)OC(=O)N1CCC(CBr)(OCCCC2CC2)CC1. The highest BCUT2D eigenvalue weighted by Gasteiger charge is 2.37. The summed E-state index contributed by atoms with van der Waals surface area (Å²) in [6.07, 6.45) is 6.84. The van der Waals surface area contributed by atoms with E-state index in [1.807, 2.05) is 20.8 Å². The van der Waals surface area contributed by atoms with E-state index in [9.17, 15) is 4.79 Å². The zero-order valence-corrected chi connectivity index (χ0v) is 15.8. The van der Waals surface area contributed by atoms with Crippen molar-refractivity contribution in [1.29, 1.82) is 0 Å². The van der Waals surface area contributed by atoms with Gasteiger partial charge in [0.25, 0.3) is 0 Å². The van der Waals surface area contributed by atoms with Crippen molar-refractivity contribution in [2.45, 2.75) is 70.5 Å². The van der Waals surface area contributed by atoms with Crippen molar-refractivity contribution in [3.63, 3.8) is 0 Å². The fraction of sp³-hybridized carbons (Fsp3) is 0.941. The lowest BCUT2D eigenvalue weighted by atomic mass is 9.93. The number of hydrogen-bond donors (Lipinski definition) is 0. The van der Waals surface area contributed by atoms with Crippen LogP contribution in [0.4, 0.5) is 4.79 Å². The van der Waals surface area contributed by atoms with Crippen molar-refractivity contribution >= 4 is 22.0 Å². The number of halogens is 1. The van der Waals surface area contributed by atoms with Gasteiger partial charge < -0.3 is 14.4 Å². The molecule has 1 aliphatic heterocycles. The number of alkyl halides is 1. The van der Waals surface area contributed by atoms with Gasteiger partial charge in [-0.25, -0.2) is 4.79 Å². The molecule has 5 heteroatoms. The van der Waals surface area contributed by atoms with Crippen molar-refractivity contribution in [2.24, 2.45) is 5.92 Å². The minimum Gasteiger partial charge on any atom is -0.444 e. The maximum Gasteiger partial charge on any atom is 0.410 e. The fourth-order valence-electron chi connectivity index (χ4n) is 2.81. The van der Waals surface area contributed by atoms with Crippen LogP contribution in [0.25, 0.3) is 0 Å². The predicted octanol–water partition coefficient (Wildman–Crippen LogP) is 4.36. The number of amides is 1. The number of rotatable bonds is 6. The molecule has 1 amide bonds. The summed E-state index contributed by atoms with van der Waals surface area (Å²) in [4.78, 5) is 13.9. The van der Waals surface area contributed by atoms with Gasteiger partial charge in [-0.05, 0) is 52.4 Å². The van der Waals surface area contributed by atoms with Gasteiger partial charge in [0, 0.05) is 25.0 Å². The Hall–Kier alpha value is -0.290. The molecule has 1 heterocycles. The molecular formula is C17H30BrNO3. The molecule has 1 saturated carbocycles. The van der Waals surface area contributed by atoms with Gasteiger partial charge in [0.1, 0.15) is 5.60 Å². The predicted molar refractivity (Wildman–Crippen MR) is 91.5 cm³/mol. The molecule has 0 N–H and O–H groups in total. The minimum atomic E-state index is -0.430. The average Bonchev–Trinajstić information content (AvgIpc) is 3.26. The summed E-state index contributed by atoms with van der Waals surface area (Å²) in [6, 6.07) is 0. The van der Waals surface area contributed by atoms with Gasteiger partial charge >= 0.3 is 6.09 Å². The first-order valence-electron chi connectivity index (χ1n) is 8.51. The molecule has 128 valence electrons. The normalized spacial score (nSPS) is 21.7. The van der Waals surface area contributed by atoms with E-state index in [0.29, 0.717) is 13.1 Å². The van der Waals surface area contributed by atoms with Crippen LogP contribution in [0.3, 0.4) is 0 Å². The molecule has 1 saturated heterocycles. The van der Waals surface area contributed by atoms with E-state index in [1.165, 1.54) is 19.3 Å². The molecule has 2 aliphatic rings. The lowest BCUT2D eigenvalue weighted by Crippen LogP contribution is -2.50. The summed E-state index contributed by atoms with van der Waals surface area (Å²) < 4.78 is 11.6. The standard InChI is InChI=1S/C17H30BrNO3/c1-16(2,3)22-15(20)19-10-8-17(13-18,9-11-19)21-12-4-5-14-6-7-14/h14H,4-13H2,1-3H3. The number of nitrogens with zero attached hydrogens (tertiary/aromatic N) is 1. The molecule has 0 aromatic carbocycles. The van der Waals surface area contributed by atoms with Crippen molar-refractivity contribution < 1.29 is 14.3 Å². The van der Waals surface area contributed by atoms with E-state index in [-0.39, 0.29) is 11.7 Å². The van der Waals surface area contributed by atoms with E-state index in [1.54, 1.807) is 4.90 Å². The lowest BCUT2D eigenvalue weighted by Gasteiger charge is -2.41. The molecule has 1 aliphatic carbocycles. The number of piperidine rings is 1. The summed E-state index contributed by atoms with van der Waals surface area (Å²) in [7, 11) is 0. The summed E-state index contributed by atoms with van der Waals surface area (Å²) in [5.41, 5.74) is -0.539. The highest BCUT2D eigenvalue weighted by Crippen LogP contribution is 2.34. The Bertz CT molecular complexity index is 369. The number of likely N-dealkylation sites (tertiary alicyclic amines) is 1. The topological polar surface area (TPSA) is 38.8 Å². The Morgan fingerprint density at radius 1 is 1.27 bits per heavy atom. The van der Waals surface area contributed by atoms with E-state index in [2.05, 4.69) is 15.9 Å². The van der Waals surface area contributed by atoms with Crippen LogP contribution in [-0.2, 0) is 9.47 Å². The van der Waals surface area contributed by atoms with Crippen LogP contribution in [0.5, 0.6) is 0 Å². The van der Waals surface area contributed by atoms with Gasteiger partial charge in [0.2, 0.25) is 0 Å². The molecule has 0 aromatic rings. The maximum absolute atomic E-state index is 12.1. The van der Waals surface area contributed by atoms with Crippen LogP contribution in [0.1, 0.15) is 59.3 Å². The Morgan fingerprint density at radius 3 is 2.41 bits per heavy atom. The zero-order chi connectivity index (χ0) is 16.2. The molecule has 0 radical (unpaired) electrons. The second kappa shape index (κ2) is 7.52. The quantitative estimate of drug-likeness (QED) is 0.511. The van der Waals surface area contributed by atoms with Gasteiger partial charge in [0.05, 0.1) is 5.60 Å². The first-order chi connectivity index (χ1) is 10.3. The third kappa shape index (κ3) is 5.73. The second-order valence-corrected chi connectivity index (χ2v) is 8.28. The third-order valence-corrected chi connectivity index (χ3v) is 5.45. The summed E-state index contributed by atoms with van der Waals surface area (Å²) in [5.74, 6) is 0.970.